The molecule has 0 bridgehead atoms. The van der Waals surface area contributed by atoms with Gasteiger partial charge in [-0.1, -0.05) is 0 Å². The van der Waals surface area contributed by atoms with E-state index in [2.05, 4.69) is 24.9 Å². The number of carboxylic acid groups (broad SMARTS) is 1. The summed E-state index contributed by atoms with van der Waals surface area (Å²) in [5.41, 5.74) is 4.17. The van der Waals surface area contributed by atoms with Crippen LogP contribution in [-0.2, 0) is 11.2 Å². The number of nitrogens with zero attached hydrogens (tertiary/aromatic N) is 2. The third kappa shape index (κ3) is 3.07. The highest BCUT2D eigenvalue weighted by atomic mass is 32.1. The maximum absolute atomic E-state index is 10.8. The maximum atomic E-state index is 10.8. The molecule has 1 N–H and O–H groups in total. The largest absolute Gasteiger partial charge is 0.493 e. The van der Waals surface area contributed by atoms with Gasteiger partial charge in [0.25, 0.3) is 0 Å². The second kappa shape index (κ2) is 6.04. The van der Waals surface area contributed by atoms with Gasteiger partial charge in [0.15, 0.2) is 4.96 Å². The van der Waals surface area contributed by atoms with Crippen LogP contribution in [0.5, 0.6) is 5.75 Å². The minimum atomic E-state index is -0.831. The Balaban J connectivity index is 2.04. The van der Waals surface area contributed by atoms with E-state index in [1.165, 1.54) is 22.5 Å². The van der Waals surface area contributed by atoms with Crippen LogP contribution in [0.25, 0.3) is 16.2 Å². The third-order valence-corrected chi connectivity index (χ3v) is 4.70. The maximum Gasteiger partial charge on any atom is 0.308 e. The molecule has 2 aromatic heterocycles. The van der Waals surface area contributed by atoms with Gasteiger partial charge in [-0.2, -0.15) is 0 Å². The Morgan fingerprint density at radius 2 is 2.04 bits per heavy atom. The molecule has 0 atom stereocenters. The molecule has 0 aliphatic rings. The highest BCUT2D eigenvalue weighted by molar-refractivity contribution is 7.17. The number of benzene rings is 1. The molecule has 0 saturated carbocycles. The normalized spacial score (nSPS) is 11.1. The van der Waals surface area contributed by atoms with Gasteiger partial charge in [-0.05, 0) is 44.0 Å². The molecular formula is C17H18N2O3S. The lowest BCUT2D eigenvalue weighted by Gasteiger charge is -2.11. The monoisotopic (exact) mass is 330 g/mol. The van der Waals surface area contributed by atoms with E-state index in [0.29, 0.717) is 6.61 Å². The number of aliphatic carboxylic acids is 1. The molecule has 3 aromatic rings. The highest BCUT2D eigenvalue weighted by Crippen LogP contribution is 2.33. The third-order valence-electron chi connectivity index (χ3n) is 3.70. The second-order valence-electron chi connectivity index (χ2n) is 5.45. The first-order chi connectivity index (χ1) is 11.0. The van der Waals surface area contributed by atoms with Gasteiger partial charge in [-0.25, -0.2) is 4.98 Å². The number of hydrogen-bond donors (Lipinski definition) is 1. The molecule has 1 aromatic carbocycles. The van der Waals surface area contributed by atoms with Crippen LogP contribution in [-0.4, -0.2) is 27.1 Å². The average molecular weight is 330 g/mol. The molecule has 120 valence electrons. The van der Waals surface area contributed by atoms with E-state index >= 15 is 0 Å². The average Bonchev–Trinajstić information content (AvgIpc) is 3.00. The van der Waals surface area contributed by atoms with Crippen LogP contribution in [0.2, 0.25) is 0 Å². The van der Waals surface area contributed by atoms with E-state index in [4.69, 9.17) is 9.84 Å². The van der Waals surface area contributed by atoms with Gasteiger partial charge < -0.3 is 9.84 Å². The van der Waals surface area contributed by atoms with Gasteiger partial charge >= 0.3 is 5.97 Å². The van der Waals surface area contributed by atoms with E-state index in [1.807, 2.05) is 29.8 Å². The molecule has 0 radical (unpaired) electrons. The molecule has 5 nitrogen and oxygen atoms in total. The Bertz CT molecular complexity index is 848. The van der Waals surface area contributed by atoms with Gasteiger partial charge in [0.05, 0.1) is 18.7 Å². The number of imidazole rings is 1. The van der Waals surface area contributed by atoms with E-state index in [9.17, 15) is 4.79 Å². The van der Waals surface area contributed by atoms with Crippen molar-refractivity contribution in [2.24, 2.45) is 0 Å². The van der Waals surface area contributed by atoms with Gasteiger partial charge in [-0.3, -0.25) is 9.20 Å². The summed E-state index contributed by atoms with van der Waals surface area (Å²) >= 11 is 1.40. The van der Waals surface area contributed by atoms with Crippen molar-refractivity contribution in [3.63, 3.8) is 0 Å². The summed E-state index contributed by atoms with van der Waals surface area (Å²) in [5, 5.41) is 8.87. The fraction of sp³-hybridized carbons (Fsp3) is 0.294. The van der Waals surface area contributed by atoms with Crippen molar-refractivity contribution in [3.8, 4) is 17.0 Å². The molecule has 0 aliphatic heterocycles. The number of ether oxygens (including phenoxy) is 1. The molecule has 0 spiro atoms. The first-order valence-corrected chi connectivity index (χ1v) is 8.23. The van der Waals surface area contributed by atoms with Crippen molar-refractivity contribution >= 4 is 22.3 Å². The van der Waals surface area contributed by atoms with Gasteiger partial charge in [0.2, 0.25) is 0 Å². The quantitative estimate of drug-likeness (QED) is 0.774. The zero-order valence-corrected chi connectivity index (χ0v) is 14.1. The molecule has 0 saturated heterocycles. The summed E-state index contributed by atoms with van der Waals surface area (Å²) in [6, 6.07) is 4.13. The Kier molecular flexibility index (Phi) is 4.09. The molecule has 0 unspecified atom stereocenters. The van der Waals surface area contributed by atoms with Crippen LogP contribution in [0, 0.1) is 13.8 Å². The molecule has 23 heavy (non-hydrogen) atoms. The smallest absolute Gasteiger partial charge is 0.308 e. The predicted molar refractivity (Wildman–Crippen MR) is 90.5 cm³/mol. The number of fused-ring (bicyclic) bond motifs is 1. The summed E-state index contributed by atoms with van der Waals surface area (Å²) in [5.74, 6) is -0.00497. The van der Waals surface area contributed by atoms with Crippen molar-refractivity contribution in [2.45, 2.75) is 27.2 Å². The number of aromatic nitrogens is 2. The number of thiazole rings is 1. The van der Waals surface area contributed by atoms with Crippen LogP contribution in [0.3, 0.4) is 0 Å². The summed E-state index contributed by atoms with van der Waals surface area (Å²) in [6.45, 7) is 6.69. The first-order valence-electron chi connectivity index (χ1n) is 7.41. The first kappa shape index (κ1) is 15.6. The van der Waals surface area contributed by atoms with E-state index in [-0.39, 0.29) is 6.42 Å². The lowest BCUT2D eigenvalue weighted by molar-refractivity contribution is -0.136. The van der Waals surface area contributed by atoms with Crippen molar-refractivity contribution in [1.82, 2.24) is 9.38 Å². The SMILES string of the molecule is CCOc1cc(C)c(C)cc1-c1cn2cc(CC(=O)O)sc2n1. The number of aryl methyl sites for hydroxylation is 2. The minimum Gasteiger partial charge on any atom is -0.493 e. The Morgan fingerprint density at radius 1 is 1.30 bits per heavy atom. The van der Waals surface area contributed by atoms with Crippen molar-refractivity contribution in [1.29, 1.82) is 0 Å². The van der Waals surface area contributed by atoms with Crippen LogP contribution in [0.4, 0.5) is 0 Å². The molecule has 6 heteroatoms. The molecule has 3 rings (SSSR count). The zero-order valence-electron chi connectivity index (χ0n) is 13.3. The van der Waals surface area contributed by atoms with E-state index in [1.54, 1.807) is 0 Å². The van der Waals surface area contributed by atoms with Crippen molar-refractivity contribution in [2.75, 3.05) is 6.61 Å². The molecular weight excluding hydrogens is 312 g/mol. The summed E-state index contributed by atoms with van der Waals surface area (Å²) in [4.78, 5) is 17.0. The van der Waals surface area contributed by atoms with Gasteiger partial charge in [0, 0.05) is 22.8 Å². The molecule has 0 amide bonds. The fourth-order valence-corrected chi connectivity index (χ4v) is 3.42. The molecule has 0 fully saturated rings. The van der Waals surface area contributed by atoms with Crippen LogP contribution >= 0.6 is 11.3 Å². The Labute approximate surface area is 138 Å². The highest BCUT2D eigenvalue weighted by Gasteiger charge is 2.14. The van der Waals surface area contributed by atoms with Crippen molar-refractivity contribution in [3.05, 3.63) is 40.5 Å². The second-order valence-corrected chi connectivity index (χ2v) is 6.54. The van der Waals surface area contributed by atoms with E-state index in [0.717, 1.165) is 26.8 Å². The van der Waals surface area contributed by atoms with Crippen LogP contribution < -0.4 is 4.74 Å². The Hall–Kier alpha value is -2.34. The van der Waals surface area contributed by atoms with Gasteiger partial charge in [-0.15, -0.1) is 11.3 Å². The predicted octanol–water partition coefficient (Wildman–Crippen LogP) is 3.71. The summed E-state index contributed by atoms with van der Waals surface area (Å²) in [6.07, 6.45) is 3.77. The summed E-state index contributed by atoms with van der Waals surface area (Å²) < 4.78 is 7.63. The lowest BCUT2D eigenvalue weighted by Crippen LogP contribution is -1.97. The minimum absolute atomic E-state index is 0.0250. The molecule has 2 heterocycles. The topological polar surface area (TPSA) is 63.8 Å². The van der Waals surface area contributed by atoms with E-state index < -0.39 is 5.97 Å². The molecule has 0 aliphatic carbocycles. The van der Waals surface area contributed by atoms with Gasteiger partial charge in [0.1, 0.15) is 5.75 Å². The fourth-order valence-electron chi connectivity index (χ4n) is 2.47. The number of hydrogen-bond acceptors (Lipinski definition) is 4. The lowest BCUT2D eigenvalue weighted by atomic mass is 10.0. The van der Waals surface area contributed by atoms with Crippen molar-refractivity contribution < 1.29 is 14.6 Å². The number of rotatable bonds is 5. The standard InChI is InChI=1S/C17H18N2O3S/c1-4-22-15-6-11(3)10(2)5-13(15)14-9-19-8-12(7-16(20)21)23-17(19)18-14/h5-6,8-9H,4,7H2,1-3H3,(H,20,21). The number of carbonyl (C=O) groups is 1. The van der Waals surface area contributed by atoms with Crippen LogP contribution in [0.1, 0.15) is 22.9 Å². The zero-order chi connectivity index (χ0) is 16.6. The van der Waals surface area contributed by atoms with Crippen LogP contribution in [0.15, 0.2) is 24.5 Å². The summed E-state index contributed by atoms with van der Waals surface area (Å²) in [7, 11) is 0. The Morgan fingerprint density at radius 3 is 2.70 bits per heavy atom. The number of carboxylic acids is 1.